The molecule has 0 spiro atoms. The zero-order chi connectivity index (χ0) is 14.2. The lowest BCUT2D eigenvalue weighted by Gasteiger charge is -2.40. The number of nitrogens with zero attached hydrogens (tertiary/aromatic N) is 7. The predicted octanol–water partition coefficient (Wildman–Crippen LogP) is 1.15. The summed E-state index contributed by atoms with van der Waals surface area (Å²) in [5.74, 6) is 0.900. The number of pyridine rings is 1. The molecule has 7 nitrogen and oxygen atoms in total. The van der Waals surface area contributed by atoms with Gasteiger partial charge in [-0.2, -0.15) is 10.4 Å². The molecule has 1 aliphatic heterocycles. The van der Waals surface area contributed by atoms with Crippen LogP contribution >= 0.6 is 0 Å². The molecule has 1 fully saturated rings. The number of rotatable bonds is 2. The molecule has 3 aromatic rings. The van der Waals surface area contributed by atoms with Crippen LogP contribution in [0.4, 0.5) is 5.82 Å². The van der Waals surface area contributed by atoms with E-state index in [1.54, 1.807) is 24.9 Å². The molecular weight excluding hydrogens is 266 g/mol. The summed E-state index contributed by atoms with van der Waals surface area (Å²) in [5, 5.41) is 14.0. The molecule has 0 atom stereocenters. The Morgan fingerprint density at radius 2 is 2.14 bits per heavy atom. The Bertz CT molecular complexity index is 836. The third kappa shape index (κ3) is 1.89. The van der Waals surface area contributed by atoms with Crippen molar-refractivity contribution in [1.29, 1.82) is 5.26 Å². The summed E-state index contributed by atoms with van der Waals surface area (Å²) in [6.45, 7) is 1.63. The van der Waals surface area contributed by atoms with E-state index in [1.165, 1.54) is 0 Å². The number of nitriles is 1. The largest absolute Gasteiger partial charge is 0.352 e. The minimum absolute atomic E-state index is 0.272. The maximum absolute atomic E-state index is 8.83. The highest BCUT2D eigenvalue weighted by molar-refractivity contribution is 5.86. The Morgan fingerprint density at radius 1 is 1.24 bits per heavy atom. The lowest BCUT2D eigenvalue weighted by molar-refractivity contribution is 0.366. The van der Waals surface area contributed by atoms with Crippen molar-refractivity contribution in [3.8, 4) is 6.07 Å². The topological polar surface area (TPSA) is 83.5 Å². The summed E-state index contributed by atoms with van der Waals surface area (Å²) in [7, 11) is 0. The van der Waals surface area contributed by atoms with E-state index >= 15 is 0 Å². The fourth-order valence-electron chi connectivity index (χ4n) is 2.53. The van der Waals surface area contributed by atoms with Crippen molar-refractivity contribution in [1.82, 2.24) is 24.7 Å². The highest BCUT2D eigenvalue weighted by Crippen LogP contribution is 2.30. The first kappa shape index (κ1) is 11.8. The summed E-state index contributed by atoms with van der Waals surface area (Å²) < 4.78 is 1.84. The molecule has 1 aliphatic rings. The summed E-state index contributed by atoms with van der Waals surface area (Å²) in [6, 6.07) is 6.23. The number of hydrogen-bond acceptors (Lipinski definition) is 6. The molecule has 0 bridgehead atoms. The lowest BCUT2D eigenvalue weighted by atomic mass is 10.1. The predicted molar refractivity (Wildman–Crippen MR) is 75.5 cm³/mol. The van der Waals surface area contributed by atoms with E-state index in [0.29, 0.717) is 11.2 Å². The maximum atomic E-state index is 8.83. The zero-order valence-electron chi connectivity index (χ0n) is 11.1. The Hall–Kier alpha value is -3.01. The summed E-state index contributed by atoms with van der Waals surface area (Å²) >= 11 is 0. The number of anilines is 1. The van der Waals surface area contributed by atoms with Crippen LogP contribution in [0.15, 0.2) is 37.1 Å². The molecule has 0 aromatic carbocycles. The maximum Gasteiger partial charge on any atom is 0.164 e. The molecule has 21 heavy (non-hydrogen) atoms. The SMILES string of the molecule is N#Cc1cnn(C2CN(c3ncnc4ncccc34)C2)c1. The average Bonchev–Trinajstić information content (AvgIpc) is 2.95. The van der Waals surface area contributed by atoms with Gasteiger partial charge in [-0.3, -0.25) is 4.68 Å². The summed E-state index contributed by atoms with van der Waals surface area (Å²) in [5.41, 5.74) is 1.29. The van der Waals surface area contributed by atoms with Crippen LogP contribution in [-0.4, -0.2) is 37.8 Å². The highest BCUT2D eigenvalue weighted by atomic mass is 15.4. The van der Waals surface area contributed by atoms with Gasteiger partial charge >= 0.3 is 0 Å². The van der Waals surface area contributed by atoms with Gasteiger partial charge < -0.3 is 4.90 Å². The first-order valence-corrected chi connectivity index (χ1v) is 6.60. The molecule has 4 rings (SSSR count). The fraction of sp³-hybridized carbons (Fsp3) is 0.214. The number of aromatic nitrogens is 5. The van der Waals surface area contributed by atoms with Crippen LogP contribution in [0.3, 0.4) is 0 Å². The van der Waals surface area contributed by atoms with Gasteiger partial charge in [-0.1, -0.05) is 0 Å². The second kappa shape index (κ2) is 4.52. The van der Waals surface area contributed by atoms with Gasteiger partial charge in [0.15, 0.2) is 5.65 Å². The van der Waals surface area contributed by atoms with Crippen LogP contribution < -0.4 is 4.90 Å². The first-order chi connectivity index (χ1) is 10.3. The fourth-order valence-corrected chi connectivity index (χ4v) is 2.53. The van der Waals surface area contributed by atoms with Gasteiger partial charge in [0.25, 0.3) is 0 Å². The van der Waals surface area contributed by atoms with E-state index in [4.69, 9.17) is 5.26 Å². The average molecular weight is 277 g/mol. The van der Waals surface area contributed by atoms with Crippen molar-refractivity contribution in [2.75, 3.05) is 18.0 Å². The minimum Gasteiger partial charge on any atom is -0.352 e. The van der Waals surface area contributed by atoms with Crippen molar-refractivity contribution in [3.05, 3.63) is 42.6 Å². The summed E-state index contributed by atoms with van der Waals surface area (Å²) in [6.07, 6.45) is 6.64. The molecule has 0 amide bonds. The van der Waals surface area contributed by atoms with Crippen LogP contribution in [-0.2, 0) is 0 Å². The molecule has 102 valence electrons. The normalized spacial score (nSPS) is 14.9. The second-order valence-corrected chi connectivity index (χ2v) is 4.95. The number of hydrogen-bond donors (Lipinski definition) is 0. The lowest BCUT2D eigenvalue weighted by Crippen LogP contribution is -2.48. The van der Waals surface area contributed by atoms with Crippen LogP contribution in [0, 0.1) is 11.3 Å². The van der Waals surface area contributed by atoms with Crippen molar-refractivity contribution < 1.29 is 0 Å². The minimum atomic E-state index is 0.272. The standard InChI is InChI=1S/C14H11N7/c15-4-10-5-19-21(6-10)11-7-20(8-11)14-12-2-1-3-16-13(12)17-9-18-14/h1-3,5-6,9,11H,7-8H2. The van der Waals surface area contributed by atoms with Crippen molar-refractivity contribution >= 4 is 16.9 Å². The Labute approximate surface area is 120 Å². The van der Waals surface area contributed by atoms with Gasteiger partial charge in [0.05, 0.1) is 23.2 Å². The molecule has 0 unspecified atom stereocenters. The summed E-state index contributed by atoms with van der Waals surface area (Å²) in [4.78, 5) is 15.0. The van der Waals surface area contributed by atoms with E-state index in [-0.39, 0.29) is 6.04 Å². The molecular formula is C14H11N7. The Kier molecular flexibility index (Phi) is 2.54. The molecule has 0 saturated carbocycles. The van der Waals surface area contributed by atoms with Gasteiger partial charge in [-0.05, 0) is 12.1 Å². The monoisotopic (exact) mass is 277 g/mol. The molecule has 4 heterocycles. The van der Waals surface area contributed by atoms with Gasteiger partial charge in [0, 0.05) is 25.5 Å². The molecule has 0 N–H and O–H groups in total. The van der Waals surface area contributed by atoms with Crippen LogP contribution in [0.2, 0.25) is 0 Å². The quantitative estimate of drug-likeness (QED) is 0.698. The van der Waals surface area contributed by atoms with E-state index in [1.807, 2.05) is 16.8 Å². The third-order valence-electron chi connectivity index (χ3n) is 3.65. The molecule has 3 aromatic heterocycles. The van der Waals surface area contributed by atoms with E-state index < -0.39 is 0 Å². The van der Waals surface area contributed by atoms with Crippen LogP contribution in [0.5, 0.6) is 0 Å². The van der Waals surface area contributed by atoms with E-state index in [9.17, 15) is 0 Å². The van der Waals surface area contributed by atoms with Crippen molar-refractivity contribution in [2.24, 2.45) is 0 Å². The Morgan fingerprint density at radius 3 is 2.95 bits per heavy atom. The van der Waals surface area contributed by atoms with Crippen LogP contribution in [0.1, 0.15) is 11.6 Å². The second-order valence-electron chi connectivity index (χ2n) is 4.95. The molecule has 0 radical (unpaired) electrons. The molecule has 7 heteroatoms. The smallest absolute Gasteiger partial charge is 0.164 e. The van der Waals surface area contributed by atoms with Gasteiger partial charge in [-0.25, -0.2) is 15.0 Å². The van der Waals surface area contributed by atoms with Crippen molar-refractivity contribution in [3.63, 3.8) is 0 Å². The van der Waals surface area contributed by atoms with Crippen molar-refractivity contribution in [2.45, 2.75) is 6.04 Å². The van der Waals surface area contributed by atoms with Gasteiger partial charge in [0.2, 0.25) is 0 Å². The Balaban J connectivity index is 1.58. The molecule has 1 saturated heterocycles. The third-order valence-corrected chi connectivity index (χ3v) is 3.65. The van der Waals surface area contributed by atoms with E-state index in [2.05, 4.69) is 31.0 Å². The molecule has 0 aliphatic carbocycles. The zero-order valence-corrected chi connectivity index (χ0v) is 11.1. The highest BCUT2D eigenvalue weighted by Gasteiger charge is 2.31. The first-order valence-electron chi connectivity index (χ1n) is 6.60. The van der Waals surface area contributed by atoms with Gasteiger partial charge in [0.1, 0.15) is 18.2 Å². The van der Waals surface area contributed by atoms with Crippen LogP contribution in [0.25, 0.3) is 11.0 Å². The number of fused-ring (bicyclic) bond motifs is 1. The van der Waals surface area contributed by atoms with Gasteiger partial charge in [-0.15, -0.1) is 0 Å². The van der Waals surface area contributed by atoms with E-state index in [0.717, 1.165) is 24.3 Å².